The van der Waals surface area contributed by atoms with Gasteiger partial charge >= 0.3 is 6.18 Å². The van der Waals surface area contributed by atoms with Gasteiger partial charge in [0.2, 0.25) is 0 Å². The summed E-state index contributed by atoms with van der Waals surface area (Å²) in [7, 11) is 0. The van der Waals surface area contributed by atoms with Crippen molar-refractivity contribution in [3.05, 3.63) is 59.7 Å². The smallest absolute Gasteiger partial charge is 0.192 e. The van der Waals surface area contributed by atoms with Crippen molar-refractivity contribution in [2.24, 2.45) is 0 Å². The van der Waals surface area contributed by atoms with Crippen LogP contribution in [0.4, 0.5) is 13.2 Å². The number of benzene rings is 2. The SMILES string of the molecule is N#Cc1ccc(Sc2ccc(C(F)(F)F)cc2)cc1. The lowest BCUT2D eigenvalue weighted by Crippen LogP contribution is -2.03. The summed E-state index contributed by atoms with van der Waals surface area (Å²) in [5, 5.41) is 8.66. The van der Waals surface area contributed by atoms with Crippen molar-refractivity contribution in [3.8, 4) is 6.07 Å². The molecular formula is C14H8F3NS. The Balaban J connectivity index is 2.13. The molecule has 0 spiro atoms. The van der Waals surface area contributed by atoms with Gasteiger partial charge in [-0.25, -0.2) is 0 Å². The van der Waals surface area contributed by atoms with Crippen LogP contribution in [0.25, 0.3) is 0 Å². The molecule has 0 aliphatic rings. The Bertz CT molecular complexity index is 595. The Morgan fingerprint density at radius 2 is 1.32 bits per heavy atom. The zero-order valence-electron chi connectivity index (χ0n) is 9.61. The Hall–Kier alpha value is -1.93. The van der Waals surface area contributed by atoms with Crippen LogP contribution in [0.15, 0.2) is 58.3 Å². The molecule has 0 heterocycles. The van der Waals surface area contributed by atoms with Crippen molar-refractivity contribution in [2.45, 2.75) is 16.0 Å². The monoisotopic (exact) mass is 279 g/mol. The van der Waals surface area contributed by atoms with Crippen LogP contribution in [0, 0.1) is 11.3 Å². The molecule has 0 saturated heterocycles. The standard InChI is InChI=1S/C14H8F3NS/c15-14(16,17)11-3-7-13(8-4-11)19-12-5-1-10(9-18)2-6-12/h1-8H. The van der Waals surface area contributed by atoms with Gasteiger partial charge in [0.15, 0.2) is 0 Å². The zero-order chi connectivity index (χ0) is 13.9. The quantitative estimate of drug-likeness (QED) is 0.793. The number of nitriles is 1. The predicted octanol–water partition coefficient (Wildman–Crippen LogP) is 4.73. The van der Waals surface area contributed by atoms with E-state index in [0.29, 0.717) is 5.56 Å². The number of hydrogen-bond acceptors (Lipinski definition) is 2. The van der Waals surface area contributed by atoms with Gasteiger partial charge in [0.05, 0.1) is 17.2 Å². The van der Waals surface area contributed by atoms with Gasteiger partial charge in [0, 0.05) is 9.79 Å². The molecule has 0 saturated carbocycles. The highest BCUT2D eigenvalue weighted by Crippen LogP contribution is 2.32. The van der Waals surface area contributed by atoms with Crippen LogP contribution in [0.3, 0.4) is 0 Å². The maximum Gasteiger partial charge on any atom is 0.416 e. The fourth-order valence-electron chi connectivity index (χ4n) is 1.45. The number of alkyl halides is 3. The lowest BCUT2D eigenvalue weighted by Gasteiger charge is -2.07. The van der Waals surface area contributed by atoms with E-state index in [1.165, 1.54) is 23.9 Å². The fraction of sp³-hybridized carbons (Fsp3) is 0.0714. The lowest BCUT2D eigenvalue weighted by atomic mass is 10.2. The molecule has 0 bridgehead atoms. The van der Waals surface area contributed by atoms with Crippen molar-refractivity contribution in [1.29, 1.82) is 5.26 Å². The second kappa shape index (κ2) is 5.37. The molecule has 0 aliphatic heterocycles. The molecular weight excluding hydrogens is 271 g/mol. The number of rotatable bonds is 2. The molecule has 0 radical (unpaired) electrons. The molecule has 0 fully saturated rings. The van der Waals surface area contributed by atoms with E-state index < -0.39 is 11.7 Å². The molecule has 0 aromatic heterocycles. The molecule has 19 heavy (non-hydrogen) atoms. The van der Waals surface area contributed by atoms with Crippen LogP contribution in [0.2, 0.25) is 0 Å². The van der Waals surface area contributed by atoms with E-state index in [-0.39, 0.29) is 0 Å². The molecule has 1 nitrogen and oxygen atoms in total. The Morgan fingerprint density at radius 3 is 1.74 bits per heavy atom. The lowest BCUT2D eigenvalue weighted by molar-refractivity contribution is -0.137. The topological polar surface area (TPSA) is 23.8 Å². The van der Waals surface area contributed by atoms with Crippen molar-refractivity contribution in [1.82, 2.24) is 0 Å². The molecule has 0 atom stereocenters. The van der Waals surface area contributed by atoms with Gasteiger partial charge in [-0.15, -0.1) is 0 Å². The van der Waals surface area contributed by atoms with Crippen LogP contribution in [-0.2, 0) is 6.18 Å². The van der Waals surface area contributed by atoms with E-state index in [1.807, 2.05) is 6.07 Å². The minimum atomic E-state index is -4.31. The number of nitrogens with zero attached hydrogens (tertiary/aromatic N) is 1. The third-order valence-corrected chi connectivity index (χ3v) is 3.42. The maximum atomic E-state index is 12.4. The first-order chi connectivity index (χ1) is 8.99. The van der Waals surface area contributed by atoms with E-state index >= 15 is 0 Å². The molecule has 2 aromatic rings. The van der Waals surface area contributed by atoms with Crippen molar-refractivity contribution < 1.29 is 13.2 Å². The van der Waals surface area contributed by atoms with Crippen molar-refractivity contribution >= 4 is 11.8 Å². The third kappa shape index (κ3) is 3.52. The first-order valence-electron chi connectivity index (χ1n) is 5.34. The predicted molar refractivity (Wildman–Crippen MR) is 66.7 cm³/mol. The van der Waals surface area contributed by atoms with Crippen LogP contribution in [0.5, 0.6) is 0 Å². The molecule has 0 aliphatic carbocycles. The largest absolute Gasteiger partial charge is 0.416 e. The Kier molecular flexibility index (Phi) is 3.82. The van der Waals surface area contributed by atoms with E-state index in [0.717, 1.165) is 21.9 Å². The maximum absolute atomic E-state index is 12.4. The van der Waals surface area contributed by atoms with Crippen LogP contribution >= 0.6 is 11.8 Å². The summed E-state index contributed by atoms with van der Waals surface area (Å²) in [4.78, 5) is 1.59. The van der Waals surface area contributed by atoms with E-state index in [9.17, 15) is 13.2 Å². The molecule has 2 rings (SSSR count). The molecule has 96 valence electrons. The highest BCUT2D eigenvalue weighted by Gasteiger charge is 2.29. The second-order valence-corrected chi connectivity index (χ2v) is 4.91. The number of hydrogen-bond donors (Lipinski definition) is 0. The summed E-state index contributed by atoms with van der Waals surface area (Å²) < 4.78 is 37.2. The zero-order valence-corrected chi connectivity index (χ0v) is 10.4. The summed E-state index contributed by atoms with van der Waals surface area (Å²) in [6.07, 6.45) is -4.31. The summed E-state index contributed by atoms with van der Waals surface area (Å²) in [5.41, 5.74) is -0.103. The first-order valence-corrected chi connectivity index (χ1v) is 6.16. The van der Waals surface area contributed by atoms with E-state index in [4.69, 9.17) is 5.26 Å². The molecule has 2 aromatic carbocycles. The highest BCUT2D eigenvalue weighted by molar-refractivity contribution is 7.99. The van der Waals surface area contributed by atoms with Gasteiger partial charge in [-0.1, -0.05) is 11.8 Å². The average molecular weight is 279 g/mol. The Morgan fingerprint density at radius 1 is 0.842 bits per heavy atom. The normalized spacial score (nSPS) is 11.1. The molecule has 5 heteroatoms. The van der Waals surface area contributed by atoms with Gasteiger partial charge < -0.3 is 0 Å². The van der Waals surface area contributed by atoms with Crippen LogP contribution in [-0.4, -0.2) is 0 Å². The van der Waals surface area contributed by atoms with Gasteiger partial charge in [-0.05, 0) is 48.5 Å². The molecule has 0 amide bonds. The minimum Gasteiger partial charge on any atom is -0.192 e. The van der Waals surface area contributed by atoms with Crippen LogP contribution < -0.4 is 0 Å². The fourth-order valence-corrected chi connectivity index (χ4v) is 2.26. The minimum absolute atomic E-state index is 0.553. The summed E-state index contributed by atoms with van der Waals surface area (Å²) in [5.74, 6) is 0. The van der Waals surface area contributed by atoms with E-state index in [2.05, 4.69) is 0 Å². The first kappa shape index (κ1) is 13.5. The molecule has 0 N–H and O–H groups in total. The Labute approximate surface area is 112 Å². The number of halogens is 3. The summed E-state index contributed by atoms with van der Waals surface area (Å²) >= 11 is 1.35. The van der Waals surface area contributed by atoms with Gasteiger partial charge in [-0.2, -0.15) is 18.4 Å². The van der Waals surface area contributed by atoms with E-state index in [1.54, 1.807) is 24.3 Å². The summed E-state index contributed by atoms with van der Waals surface area (Å²) in [6.45, 7) is 0. The average Bonchev–Trinajstić information content (AvgIpc) is 2.39. The van der Waals surface area contributed by atoms with Crippen LogP contribution in [0.1, 0.15) is 11.1 Å². The highest BCUT2D eigenvalue weighted by atomic mass is 32.2. The molecule has 0 unspecified atom stereocenters. The third-order valence-electron chi connectivity index (χ3n) is 2.40. The van der Waals surface area contributed by atoms with Gasteiger partial charge in [0.1, 0.15) is 0 Å². The second-order valence-electron chi connectivity index (χ2n) is 3.76. The van der Waals surface area contributed by atoms with Gasteiger partial charge in [-0.3, -0.25) is 0 Å². The van der Waals surface area contributed by atoms with Gasteiger partial charge in [0.25, 0.3) is 0 Å². The summed E-state index contributed by atoms with van der Waals surface area (Å²) in [6, 6.07) is 13.9. The van der Waals surface area contributed by atoms with Crippen molar-refractivity contribution in [3.63, 3.8) is 0 Å². The van der Waals surface area contributed by atoms with Crippen molar-refractivity contribution in [2.75, 3.05) is 0 Å².